The van der Waals surface area contributed by atoms with Crippen molar-refractivity contribution in [2.24, 2.45) is 5.92 Å². The van der Waals surface area contributed by atoms with Crippen molar-refractivity contribution in [3.8, 4) is 0 Å². The lowest BCUT2D eigenvalue weighted by Crippen LogP contribution is -2.44. The Kier molecular flexibility index (Phi) is 6.23. The summed E-state index contributed by atoms with van der Waals surface area (Å²) in [6.07, 6.45) is 6.58. The molecule has 0 aromatic rings. The summed E-state index contributed by atoms with van der Waals surface area (Å²) in [5, 5.41) is 14.4. The summed E-state index contributed by atoms with van der Waals surface area (Å²) >= 11 is 0. The standard InChI is InChI=1S/C12H24N2O2/c1-2-10-5-3-6-11(9-10)14-12(16)13-7-4-8-15/h10-11,15H,2-9H2,1H3,(H2,13,14,16). The fourth-order valence-corrected chi connectivity index (χ4v) is 2.31. The van der Waals surface area contributed by atoms with E-state index < -0.39 is 0 Å². The Bertz CT molecular complexity index is 209. The number of urea groups is 1. The first-order chi connectivity index (χ1) is 7.76. The Balaban J connectivity index is 2.17. The van der Waals surface area contributed by atoms with E-state index in [4.69, 9.17) is 5.11 Å². The molecule has 0 heterocycles. The number of amides is 2. The minimum Gasteiger partial charge on any atom is -0.396 e. The lowest BCUT2D eigenvalue weighted by atomic mass is 9.84. The number of nitrogens with one attached hydrogen (secondary N) is 2. The minimum atomic E-state index is -0.0878. The van der Waals surface area contributed by atoms with E-state index in [1.807, 2.05) is 0 Å². The van der Waals surface area contributed by atoms with Crippen molar-refractivity contribution in [3.63, 3.8) is 0 Å². The van der Waals surface area contributed by atoms with Gasteiger partial charge in [0.15, 0.2) is 0 Å². The molecule has 0 saturated heterocycles. The van der Waals surface area contributed by atoms with Crippen molar-refractivity contribution in [2.75, 3.05) is 13.2 Å². The molecule has 0 radical (unpaired) electrons. The van der Waals surface area contributed by atoms with Gasteiger partial charge in [0.25, 0.3) is 0 Å². The quantitative estimate of drug-likeness (QED) is 0.626. The Morgan fingerprint density at radius 2 is 2.25 bits per heavy atom. The monoisotopic (exact) mass is 228 g/mol. The fraction of sp³-hybridized carbons (Fsp3) is 0.917. The van der Waals surface area contributed by atoms with Gasteiger partial charge < -0.3 is 15.7 Å². The van der Waals surface area contributed by atoms with Gasteiger partial charge in [0.2, 0.25) is 0 Å². The van der Waals surface area contributed by atoms with Gasteiger partial charge >= 0.3 is 6.03 Å². The molecule has 2 unspecified atom stereocenters. The number of aliphatic hydroxyl groups excluding tert-OH is 1. The number of carbonyl (C=O) groups excluding carboxylic acids is 1. The van der Waals surface area contributed by atoms with E-state index in [-0.39, 0.29) is 12.6 Å². The first kappa shape index (κ1) is 13.3. The van der Waals surface area contributed by atoms with Crippen molar-refractivity contribution in [2.45, 2.75) is 51.5 Å². The SMILES string of the molecule is CCC1CCCC(NC(=O)NCCCO)C1. The molecule has 0 aromatic carbocycles. The highest BCUT2D eigenvalue weighted by Gasteiger charge is 2.21. The molecule has 4 nitrogen and oxygen atoms in total. The van der Waals surface area contributed by atoms with E-state index in [2.05, 4.69) is 17.6 Å². The molecule has 0 bridgehead atoms. The summed E-state index contributed by atoms with van der Waals surface area (Å²) in [5.74, 6) is 0.775. The molecule has 0 spiro atoms. The summed E-state index contributed by atoms with van der Waals surface area (Å²) in [7, 11) is 0. The average molecular weight is 228 g/mol. The van der Waals surface area contributed by atoms with Gasteiger partial charge in [0.05, 0.1) is 0 Å². The van der Waals surface area contributed by atoms with Crippen LogP contribution in [0.2, 0.25) is 0 Å². The average Bonchev–Trinajstić information content (AvgIpc) is 2.29. The molecular formula is C12H24N2O2. The molecule has 1 saturated carbocycles. The van der Waals surface area contributed by atoms with Gasteiger partial charge in [-0.2, -0.15) is 0 Å². The lowest BCUT2D eigenvalue weighted by Gasteiger charge is -2.29. The zero-order valence-corrected chi connectivity index (χ0v) is 10.2. The van der Waals surface area contributed by atoms with Crippen LogP contribution in [-0.2, 0) is 0 Å². The van der Waals surface area contributed by atoms with E-state index in [0.717, 1.165) is 18.8 Å². The summed E-state index contributed by atoms with van der Waals surface area (Å²) < 4.78 is 0. The summed E-state index contributed by atoms with van der Waals surface area (Å²) in [4.78, 5) is 11.5. The van der Waals surface area contributed by atoms with E-state index in [0.29, 0.717) is 19.0 Å². The Morgan fingerprint density at radius 1 is 1.44 bits per heavy atom. The number of carbonyl (C=O) groups is 1. The van der Waals surface area contributed by atoms with Crippen LogP contribution in [0.4, 0.5) is 4.79 Å². The molecule has 0 aromatic heterocycles. The van der Waals surface area contributed by atoms with Crippen molar-refractivity contribution < 1.29 is 9.90 Å². The second kappa shape index (κ2) is 7.49. The smallest absolute Gasteiger partial charge is 0.315 e. The van der Waals surface area contributed by atoms with Crippen molar-refractivity contribution in [3.05, 3.63) is 0 Å². The molecule has 2 amide bonds. The summed E-state index contributed by atoms with van der Waals surface area (Å²) in [5.41, 5.74) is 0. The zero-order chi connectivity index (χ0) is 11.8. The van der Waals surface area contributed by atoms with Gasteiger partial charge in [0.1, 0.15) is 0 Å². The second-order valence-corrected chi connectivity index (χ2v) is 4.62. The van der Waals surface area contributed by atoms with Crippen LogP contribution in [-0.4, -0.2) is 30.3 Å². The molecule has 1 aliphatic rings. The van der Waals surface area contributed by atoms with E-state index in [1.165, 1.54) is 19.3 Å². The molecule has 1 fully saturated rings. The molecule has 1 aliphatic carbocycles. The van der Waals surface area contributed by atoms with E-state index in [1.54, 1.807) is 0 Å². The van der Waals surface area contributed by atoms with Gasteiger partial charge in [-0.05, 0) is 25.2 Å². The maximum Gasteiger partial charge on any atom is 0.315 e. The largest absolute Gasteiger partial charge is 0.396 e. The van der Waals surface area contributed by atoms with Crippen LogP contribution in [0.1, 0.15) is 45.4 Å². The van der Waals surface area contributed by atoms with E-state index >= 15 is 0 Å². The molecule has 4 heteroatoms. The Hall–Kier alpha value is -0.770. The number of hydrogen-bond acceptors (Lipinski definition) is 2. The highest BCUT2D eigenvalue weighted by atomic mass is 16.3. The fourth-order valence-electron chi connectivity index (χ4n) is 2.31. The van der Waals surface area contributed by atoms with Gasteiger partial charge in [-0.3, -0.25) is 0 Å². The maximum atomic E-state index is 11.5. The van der Waals surface area contributed by atoms with Crippen LogP contribution < -0.4 is 10.6 Å². The minimum absolute atomic E-state index is 0.0878. The molecular weight excluding hydrogens is 204 g/mol. The normalized spacial score (nSPS) is 25.1. The Morgan fingerprint density at radius 3 is 2.94 bits per heavy atom. The van der Waals surface area contributed by atoms with Crippen LogP contribution in [0, 0.1) is 5.92 Å². The molecule has 3 N–H and O–H groups in total. The highest BCUT2D eigenvalue weighted by Crippen LogP contribution is 2.26. The van der Waals surface area contributed by atoms with Gasteiger partial charge in [0, 0.05) is 19.2 Å². The maximum absolute atomic E-state index is 11.5. The van der Waals surface area contributed by atoms with Crippen molar-refractivity contribution in [1.29, 1.82) is 0 Å². The molecule has 16 heavy (non-hydrogen) atoms. The van der Waals surface area contributed by atoms with Crippen LogP contribution in [0.5, 0.6) is 0 Å². The van der Waals surface area contributed by atoms with Crippen LogP contribution >= 0.6 is 0 Å². The zero-order valence-electron chi connectivity index (χ0n) is 10.2. The lowest BCUT2D eigenvalue weighted by molar-refractivity contribution is 0.222. The molecule has 0 aliphatic heterocycles. The van der Waals surface area contributed by atoms with Crippen LogP contribution in [0.15, 0.2) is 0 Å². The van der Waals surface area contributed by atoms with Gasteiger partial charge in [-0.25, -0.2) is 4.79 Å². The second-order valence-electron chi connectivity index (χ2n) is 4.62. The van der Waals surface area contributed by atoms with E-state index in [9.17, 15) is 4.79 Å². The topological polar surface area (TPSA) is 61.4 Å². The third-order valence-corrected chi connectivity index (χ3v) is 3.32. The third kappa shape index (κ3) is 4.84. The number of rotatable bonds is 5. The Labute approximate surface area is 97.8 Å². The van der Waals surface area contributed by atoms with Crippen LogP contribution in [0.25, 0.3) is 0 Å². The van der Waals surface area contributed by atoms with Gasteiger partial charge in [-0.1, -0.05) is 26.2 Å². The predicted octanol–water partition coefficient (Wildman–Crippen LogP) is 1.64. The molecule has 1 rings (SSSR count). The third-order valence-electron chi connectivity index (χ3n) is 3.32. The highest BCUT2D eigenvalue weighted by molar-refractivity contribution is 5.74. The van der Waals surface area contributed by atoms with Gasteiger partial charge in [-0.15, -0.1) is 0 Å². The first-order valence-corrected chi connectivity index (χ1v) is 6.41. The number of aliphatic hydroxyl groups is 1. The molecule has 2 atom stereocenters. The summed E-state index contributed by atoms with van der Waals surface area (Å²) in [6.45, 7) is 2.89. The predicted molar refractivity (Wildman–Crippen MR) is 64.3 cm³/mol. The summed E-state index contributed by atoms with van der Waals surface area (Å²) in [6, 6.07) is 0.253. The number of hydrogen-bond donors (Lipinski definition) is 3. The van der Waals surface area contributed by atoms with Crippen molar-refractivity contribution >= 4 is 6.03 Å². The first-order valence-electron chi connectivity index (χ1n) is 6.41. The van der Waals surface area contributed by atoms with Crippen LogP contribution in [0.3, 0.4) is 0 Å². The molecule has 94 valence electrons. The van der Waals surface area contributed by atoms with Crippen molar-refractivity contribution in [1.82, 2.24) is 10.6 Å².